The number of anilines is 1. The molecule has 0 spiro atoms. The van der Waals surface area contributed by atoms with Crippen LogP contribution in [0.4, 0.5) is 11.5 Å². The third-order valence-corrected chi connectivity index (χ3v) is 4.24. The molecule has 1 N–H and O–H groups in total. The Kier molecular flexibility index (Phi) is 4.92. The number of fused-ring (bicyclic) bond motifs is 1. The summed E-state index contributed by atoms with van der Waals surface area (Å²) in [5.74, 6) is 0.897. The van der Waals surface area contributed by atoms with Gasteiger partial charge in [-0.25, -0.2) is 9.97 Å². The summed E-state index contributed by atoms with van der Waals surface area (Å²) in [5, 5.41) is 11.9. The number of rotatable bonds is 7. The number of hydrogen-bond acceptors (Lipinski definition) is 5. The van der Waals surface area contributed by atoms with Crippen molar-refractivity contribution in [2.75, 3.05) is 18.0 Å². The van der Waals surface area contributed by atoms with Crippen LogP contribution >= 0.6 is 0 Å². The summed E-state index contributed by atoms with van der Waals surface area (Å²) in [6, 6.07) is 8.55. The lowest BCUT2D eigenvalue weighted by atomic mass is 10.1. The maximum Gasteiger partial charge on any atom is 0.270 e. The summed E-state index contributed by atoms with van der Waals surface area (Å²) in [4.78, 5) is 24.9. The Bertz CT molecular complexity index is 890. The summed E-state index contributed by atoms with van der Waals surface area (Å²) >= 11 is 0. The molecule has 25 heavy (non-hydrogen) atoms. The molecule has 7 nitrogen and oxygen atoms in total. The van der Waals surface area contributed by atoms with E-state index in [0.29, 0.717) is 0 Å². The predicted molar refractivity (Wildman–Crippen MR) is 98.8 cm³/mol. The largest absolute Gasteiger partial charge is 0.356 e. The number of non-ortho nitro benzene ring substituents is 1. The standard InChI is InChI=1S/C18H21N5O2/c1-3-5-9-22(4-2)18-15-11-16(21-17(15)19-12-20-18)13-7-6-8-14(10-13)23(24)25/h6-8,10-12H,3-5,9H2,1-2H3,(H,19,20,21). The molecule has 0 aliphatic carbocycles. The van der Waals surface area contributed by atoms with Crippen LogP contribution in [0.15, 0.2) is 36.7 Å². The number of nitro benzene ring substituents is 1. The van der Waals surface area contributed by atoms with E-state index in [0.717, 1.165) is 54.0 Å². The molecule has 3 rings (SSSR count). The lowest BCUT2D eigenvalue weighted by molar-refractivity contribution is -0.384. The molecule has 0 bridgehead atoms. The Balaban J connectivity index is 2.04. The fourth-order valence-electron chi connectivity index (χ4n) is 2.88. The van der Waals surface area contributed by atoms with E-state index in [4.69, 9.17) is 0 Å². The van der Waals surface area contributed by atoms with Crippen molar-refractivity contribution in [3.8, 4) is 11.3 Å². The Hall–Kier alpha value is -2.96. The van der Waals surface area contributed by atoms with Gasteiger partial charge in [-0.1, -0.05) is 25.5 Å². The highest BCUT2D eigenvalue weighted by molar-refractivity contribution is 5.92. The first-order chi connectivity index (χ1) is 12.1. The molecule has 0 atom stereocenters. The Morgan fingerprint density at radius 1 is 1.24 bits per heavy atom. The summed E-state index contributed by atoms with van der Waals surface area (Å²) in [6.07, 6.45) is 3.78. The molecule has 0 radical (unpaired) electrons. The van der Waals surface area contributed by atoms with Crippen LogP contribution in [-0.4, -0.2) is 33.0 Å². The van der Waals surface area contributed by atoms with E-state index >= 15 is 0 Å². The Morgan fingerprint density at radius 3 is 2.80 bits per heavy atom. The smallest absolute Gasteiger partial charge is 0.270 e. The number of aromatic amines is 1. The van der Waals surface area contributed by atoms with Crippen LogP contribution in [0, 0.1) is 10.1 Å². The zero-order chi connectivity index (χ0) is 17.8. The molecule has 2 aromatic heterocycles. The summed E-state index contributed by atoms with van der Waals surface area (Å²) in [5.41, 5.74) is 2.36. The van der Waals surface area contributed by atoms with Crippen molar-refractivity contribution >= 4 is 22.5 Å². The molecule has 0 aliphatic heterocycles. The van der Waals surface area contributed by atoms with E-state index in [-0.39, 0.29) is 10.6 Å². The molecular formula is C18H21N5O2. The molecular weight excluding hydrogens is 318 g/mol. The van der Waals surface area contributed by atoms with Crippen molar-refractivity contribution in [1.29, 1.82) is 0 Å². The van der Waals surface area contributed by atoms with Crippen molar-refractivity contribution in [3.05, 3.63) is 46.8 Å². The van der Waals surface area contributed by atoms with Crippen molar-refractivity contribution in [2.24, 2.45) is 0 Å². The van der Waals surface area contributed by atoms with Crippen LogP contribution in [-0.2, 0) is 0 Å². The summed E-state index contributed by atoms with van der Waals surface area (Å²) in [6.45, 7) is 6.08. The number of nitrogens with one attached hydrogen (secondary N) is 1. The van der Waals surface area contributed by atoms with Gasteiger partial charge in [-0.15, -0.1) is 0 Å². The maximum atomic E-state index is 11.0. The minimum Gasteiger partial charge on any atom is -0.356 e. The van der Waals surface area contributed by atoms with Crippen molar-refractivity contribution in [2.45, 2.75) is 26.7 Å². The van der Waals surface area contributed by atoms with Gasteiger partial charge in [0.1, 0.15) is 17.8 Å². The van der Waals surface area contributed by atoms with Crippen LogP contribution in [0.2, 0.25) is 0 Å². The highest BCUT2D eigenvalue weighted by Crippen LogP contribution is 2.30. The van der Waals surface area contributed by atoms with Crippen LogP contribution in [0.3, 0.4) is 0 Å². The van der Waals surface area contributed by atoms with Crippen molar-refractivity contribution in [3.63, 3.8) is 0 Å². The van der Waals surface area contributed by atoms with E-state index < -0.39 is 0 Å². The van der Waals surface area contributed by atoms with Crippen LogP contribution < -0.4 is 4.90 Å². The number of nitro groups is 1. The zero-order valence-corrected chi connectivity index (χ0v) is 14.4. The van der Waals surface area contributed by atoms with E-state index in [2.05, 4.69) is 33.7 Å². The minimum absolute atomic E-state index is 0.0700. The molecule has 0 saturated carbocycles. The van der Waals surface area contributed by atoms with E-state index in [9.17, 15) is 10.1 Å². The quantitative estimate of drug-likeness (QED) is 0.516. The second kappa shape index (κ2) is 7.29. The summed E-state index contributed by atoms with van der Waals surface area (Å²) in [7, 11) is 0. The lowest BCUT2D eigenvalue weighted by Crippen LogP contribution is -2.25. The number of nitrogens with zero attached hydrogens (tertiary/aromatic N) is 4. The van der Waals surface area contributed by atoms with Crippen molar-refractivity contribution < 1.29 is 4.92 Å². The molecule has 0 saturated heterocycles. The van der Waals surface area contributed by atoms with Crippen LogP contribution in [0.5, 0.6) is 0 Å². The second-order valence-electron chi connectivity index (χ2n) is 5.88. The topological polar surface area (TPSA) is 88.0 Å². The molecule has 0 unspecified atom stereocenters. The molecule has 0 amide bonds. The normalized spacial score (nSPS) is 11.0. The molecule has 2 heterocycles. The monoisotopic (exact) mass is 339 g/mol. The molecule has 0 aliphatic rings. The Morgan fingerprint density at radius 2 is 2.08 bits per heavy atom. The fourth-order valence-corrected chi connectivity index (χ4v) is 2.88. The average Bonchev–Trinajstić information content (AvgIpc) is 3.07. The average molecular weight is 339 g/mol. The number of unbranched alkanes of at least 4 members (excludes halogenated alkanes) is 1. The van der Waals surface area contributed by atoms with Gasteiger partial charge in [-0.2, -0.15) is 0 Å². The second-order valence-corrected chi connectivity index (χ2v) is 5.88. The minimum atomic E-state index is -0.388. The number of benzene rings is 1. The van der Waals surface area contributed by atoms with Gasteiger partial charge in [-0.3, -0.25) is 10.1 Å². The number of hydrogen-bond donors (Lipinski definition) is 1. The van der Waals surface area contributed by atoms with E-state index in [1.165, 1.54) is 6.07 Å². The third kappa shape index (κ3) is 3.45. The van der Waals surface area contributed by atoms with Gasteiger partial charge >= 0.3 is 0 Å². The van der Waals surface area contributed by atoms with Gasteiger partial charge < -0.3 is 9.88 Å². The molecule has 3 aromatic rings. The molecule has 1 aromatic carbocycles. The first kappa shape index (κ1) is 16.9. The van der Waals surface area contributed by atoms with Crippen LogP contribution in [0.1, 0.15) is 26.7 Å². The zero-order valence-electron chi connectivity index (χ0n) is 14.4. The maximum absolute atomic E-state index is 11.0. The summed E-state index contributed by atoms with van der Waals surface area (Å²) < 4.78 is 0. The SMILES string of the molecule is CCCCN(CC)c1ncnc2[nH]c(-c3cccc([N+](=O)[O-])c3)cc12. The van der Waals surface area contributed by atoms with E-state index in [1.54, 1.807) is 18.5 Å². The fraction of sp³-hybridized carbons (Fsp3) is 0.333. The Labute approximate surface area is 145 Å². The van der Waals surface area contributed by atoms with Gasteiger partial charge in [-0.05, 0) is 19.4 Å². The van der Waals surface area contributed by atoms with Crippen LogP contribution in [0.25, 0.3) is 22.3 Å². The van der Waals surface area contributed by atoms with Gasteiger partial charge in [0.25, 0.3) is 5.69 Å². The van der Waals surface area contributed by atoms with Gasteiger partial charge in [0.15, 0.2) is 0 Å². The van der Waals surface area contributed by atoms with Gasteiger partial charge in [0, 0.05) is 36.5 Å². The first-order valence-electron chi connectivity index (χ1n) is 8.47. The number of H-pyrrole nitrogens is 1. The highest BCUT2D eigenvalue weighted by Gasteiger charge is 2.15. The molecule has 0 fully saturated rings. The highest BCUT2D eigenvalue weighted by atomic mass is 16.6. The third-order valence-electron chi connectivity index (χ3n) is 4.24. The first-order valence-corrected chi connectivity index (χ1v) is 8.47. The lowest BCUT2D eigenvalue weighted by Gasteiger charge is -2.21. The van der Waals surface area contributed by atoms with Gasteiger partial charge in [0.05, 0.1) is 10.3 Å². The van der Waals surface area contributed by atoms with E-state index in [1.807, 2.05) is 12.1 Å². The number of aromatic nitrogens is 3. The van der Waals surface area contributed by atoms with Gasteiger partial charge in [0.2, 0.25) is 0 Å². The molecule has 7 heteroatoms. The molecule has 130 valence electrons. The predicted octanol–water partition coefficient (Wildman–Crippen LogP) is 4.16. The van der Waals surface area contributed by atoms with Crippen molar-refractivity contribution in [1.82, 2.24) is 15.0 Å².